The second-order valence-corrected chi connectivity index (χ2v) is 5.54. The van der Waals surface area contributed by atoms with Crippen molar-refractivity contribution in [2.75, 3.05) is 26.3 Å². The minimum atomic E-state index is 0.249. The van der Waals surface area contributed by atoms with Gasteiger partial charge in [-0.25, -0.2) is 0 Å². The number of hydrogen-bond acceptors (Lipinski definition) is 1. The minimum Gasteiger partial charge on any atom is -0.370 e. The molecule has 0 amide bonds. The van der Waals surface area contributed by atoms with Crippen LogP contribution < -0.4 is 4.90 Å². The maximum Gasteiger partial charge on any atom is 0.131 e. The van der Waals surface area contributed by atoms with Gasteiger partial charge in [-0.1, -0.05) is 32.9 Å². The van der Waals surface area contributed by atoms with E-state index in [1.54, 1.807) is 4.90 Å². The van der Waals surface area contributed by atoms with E-state index in [-0.39, 0.29) is 5.41 Å². The molecule has 1 fully saturated rings. The molecule has 1 aromatic carbocycles. The van der Waals surface area contributed by atoms with Crippen molar-refractivity contribution in [3.63, 3.8) is 0 Å². The summed E-state index contributed by atoms with van der Waals surface area (Å²) < 4.78 is 5.38. The maximum atomic E-state index is 5.38. The van der Waals surface area contributed by atoms with Gasteiger partial charge < -0.3 is 4.74 Å². The summed E-state index contributed by atoms with van der Waals surface area (Å²) in [6.07, 6.45) is 0. The van der Waals surface area contributed by atoms with Gasteiger partial charge in [-0.05, 0) is 23.1 Å². The van der Waals surface area contributed by atoms with Crippen molar-refractivity contribution in [3.05, 3.63) is 29.8 Å². The largest absolute Gasteiger partial charge is 0.370 e. The lowest BCUT2D eigenvalue weighted by molar-refractivity contribution is -0.842. The van der Waals surface area contributed by atoms with Gasteiger partial charge >= 0.3 is 0 Å². The molecule has 0 saturated carbocycles. The number of rotatable bonds is 1. The van der Waals surface area contributed by atoms with Crippen LogP contribution in [-0.2, 0) is 10.2 Å². The molecule has 2 rings (SSSR count). The van der Waals surface area contributed by atoms with E-state index in [9.17, 15) is 0 Å². The van der Waals surface area contributed by atoms with Gasteiger partial charge in [-0.2, -0.15) is 0 Å². The van der Waals surface area contributed by atoms with E-state index in [1.165, 1.54) is 11.3 Å². The monoisotopic (exact) mass is 220 g/mol. The zero-order valence-corrected chi connectivity index (χ0v) is 10.5. The molecule has 0 unspecified atom stereocenters. The Balaban J connectivity index is 2.12. The number of ether oxygens (including phenoxy) is 1. The summed E-state index contributed by atoms with van der Waals surface area (Å²) in [4.78, 5) is 1.55. The topological polar surface area (TPSA) is 13.7 Å². The molecule has 0 aliphatic carbocycles. The molecule has 1 aromatic rings. The Hall–Kier alpha value is -0.860. The highest BCUT2D eigenvalue weighted by molar-refractivity contribution is 5.35. The van der Waals surface area contributed by atoms with E-state index in [2.05, 4.69) is 45.0 Å². The quantitative estimate of drug-likeness (QED) is 0.758. The van der Waals surface area contributed by atoms with Crippen LogP contribution in [0, 0.1) is 0 Å². The van der Waals surface area contributed by atoms with Gasteiger partial charge in [0.05, 0.1) is 13.2 Å². The molecule has 0 atom stereocenters. The number of morpholine rings is 1. The smallest absolute Gasteiger partial charge is 0.131 e. The van der Waals surface area contributed by atoms with Crippen LogP contribution in [0.3, 0.4) is 0 Å². The first-order valence-corrected chi connectivity index (χ1v) is 6.11. The van der Waals surface area contributed by atoms with Crippen molar-refractivity contribution < 1.29 is 9.64 Å². The SMILES string of the molecule is CC(C)(C)c1ccc([NH+]2CCOCC2)cc1. The van der Waals surface area contributed by atoms with Crippen molar-refractivity contribution in [2.45, 2.75) is 26.2 Å². The highest BCUT2D eigenvalue weighted by Gasteiger charge is 2.18. The summed E-state index contributed by atoms with van der Waals surface area (Å²) in [7, 11) is 0. The van der Waals surface area contributed by atoms with Crippen LogP contribution in [0.15, 0.2) is 24.3 Å². The Bertz CT molecular complexity index is 331. The number of benzene rings is 1. The van der Waals surface area contributed by atoms with E-state index >= 15 is 0 Å². The van der Waals surface area contributed by atoms with E-state index in [1.807, 2.05) is 0 Å². The molecule has 0 aromatic heterocycles. The Morgan fingerprint density at radius 3 is 2.06 bits per heavy atom. The first-order chi connectivity index (χ1) is 7.57. The molecule has 0 spiro atoms. The van der Waals surface area contributed by atoms with Crippen molar-refractivity contribution in [1.29, 1.82) is 0 Å². The van der Waals surface area contributed by atoms with Gasteiger partial charge in [0.1, 0.15) is 18.8 Å². The van der Waals surface area contributed by atoms with Gasteiger partial charge in [-0.15, -0.1) is 0 Å². The summed E-state index contributed by atoms with van der Waals surface area (Å²) in [6, 6.07) is 9.05. The Labute approximate surface area is 98.2 Å². The van der Waals surface area contributed by atoms with Crippen molar-refractivity contribution in [3.8, 4) is 0 Å². The second kappa shape index (κ2) is 4.56. The van der Waals surface area contributed by atoms with Crippen LogP contribution in [0.2, 0.25) is 0 Å². The molecule has 16 heavy (non-hydrogen) atoms. The molecule has 2 nitrogen and oxygen atoms in total. The first kappa shape index (κ1) is 11.6. The maximum absolute atomic E-state index is 5.38. The molecule has 1 aliphatic rings. The molecule has 2 heteroatoms. The number of nitrogens with one attached hydrogen (secondary N) is 1. The minimum absolute atomic E-state index is 0.249. The van der Waals surface area contributed by atoms with Crippen LogP contribution in [0.1, 0.15) is 26.3 Å². The van der Waals surface area contributed by atoms with Crippen LogP contribution in [0.25, 0.3) is 0 Å². The highest BCUT2D eigenvalue weighted by atomic mass is 16.5. The Morgan fingerprint density at radius 1 is 1.00 bits per heavy atom. The molecular formula is C14H22NO+. The zero-order chi connectivity index (χ0) is 11.6. The van der Waals surface area contributed by atoms with Crippen LogP contribution >= 0.6 is 0 Å². The van der Waals surface area contributed by atoms with E-state index in [0.29, 0.717) is 0 Å². The summed E-state index contributed by atoms with van der Waals surface area (Å²) >= 11 is 0. The molecule has 1 N–H and O–H groups in total. The summed E-state index contributed by atoms with van der Waals surface area (Å²) in [5.41, 5.74) is 3.05. The first-order valence-electron chi connectivity index (χ1n) is 6.11. The molecule has 0 bridgehead atoms. The van der Waals surface area contributed by atoms with Gasteiger partial charge in [-0.3, -0.25) is 4.90 Å². The van der Waals surface area contributed by atoms with E-state index in [0.717, 1.165) is 26.3 Å². The van der Waals surface area contributed by atoms with Crippen LogP contribution in [0.4, 0.5) is 5.69 Å². The van der Waals surface area contributed by atoms with Crippen LogP contribution in [0.5, 0.6) is 0 Å². The Kier molecular flexibility index (Phi) is 3.31. The third kappa shape index (κ3) is 2.63. The molecule has 1 aliphatic heterocycles. The normalized spacial score (nSPS) is 18.7. The average Bonchev–Trinajstić information content (AvgIpc) is 2.29. The lowest BCUT2D eigenvalue weighted by Crippen LogP contribution is -3.09. The predicted octanol–water partition coefficient (Wildman–Crippen LogP) is 1.53. The van der Waals surface area contributed by atoms with Crippen molar-refractivity contribution >= 4 is 5.69 Å². The molecule has 1 heterocycles. The highest BCUT2D eigenvalue weighted by Crippen LogP contribution is 2.22. The molecule has 1 saturated heterocycles. The van der Waals surface area contributed by atoms with Crippen molar-refractivity contribution in [2.24, 2.45) is 0 Å². The standard InChI is InChI=1S/C14H21NO/c1-14(2,3)12-4-6-13(7-5-12)15-8-10-16-11-9-15/h4-7H,8-11H2,1-3H3/p+1. The molecular weight excluding hydrogens is 198 g/mol. The fourth-order valence-corrected chi connectivity index (χ4v) is 2.11. The fraction of sp³-hybridized carbons (Fsp3) is 0.571. The third-order valence-corrected chi connectivity index (χ3v) is 3.26. The Morgan fingerprint density at radius 2 is 1.56 bits per heavy atom. The van der Waals surface area contributed by atoms with Crippen molar-refractivity contribution in [1.82, 2.24) is 0 Å². The lowest BCUT2D eigenvalue weighted by atomic mass is 9.87. The number of hydrogen-bond donors (Lipinski definition) is 1. The fourth-order valence-electron chi connectivity index (χ4n) is 2.11. The van der Waals surface area contributed by atoms with E-state index in [4.69, 9.17) is 4.74 Å². The molecule has 88 valence electrons. The van der Waals surface area contributed by atoms with Gasteiger partial charge in [0, 0.05) is 0 Å². The van der Waals surface area contributed by atoms with Gasteiger partial charge in [0.2, 0.25) is 0 Å². The second-order valence-electron chi connectivity index (χ2n) is 5.54. The predicted molar refractivity (Wildman–Crippen MR) is 66.3 cm³/mol. The summed E-state index contributed by atoms with van der Waals surface area (Å²) in [5.74, 6) is 0. The lowest BCUT2D eigenvalue weighted by Gasteiger charge is -2.24. The average molecular weight is 220 g/mol. The zero-order valence-electron chi connectivity index (χ0n) is 10.5. The van der Waals surface area contributed by atoms with Crippen LogP contribution in [-0.4, -0.2) is 26.3 Å². The van der Waals surface area contributed by atoms with Gasteiger partial charge in [0.15, 0.2) is 0 Å². The van der Waals surface area contributed by atoms with E-state index < -0.39 is 0 Å². The summed E-state index contributed by atoms with van der Waals surface area (Å²) in [6.45, 7) is 10.7. The van der Waals surface area contributed by atoms with Gasteiger partial charge in [0.25, 0.3) is 0 Å². The summed E-state index contributed by atoms with van der Waals surface area (Å²) in [5, 5.41) is 0. The molecule has 0 radical (unpaired) electrons. The number of quaternary nitrogens is 1. The third-order valence-electron chi connectivity index (χ3n) is 3.26.